The van der Waals surface area contributed by atoms with Gasteiger partial charge >= 0.3 is 0 Å². The number of rotatable bonds is 6. The molecule has 0 aliphatic carbocycles. The molecule has 2 saturated heterocycles. The molecular weight excluding hydrogens is 575 g/mol. The van der Waals surface area contributed by atoms with Crippen molar-refractivity contribution < 1.29 is 19.1 Å². The minimum absolute atomic E-state index is 0.193. The van der Waals surface area contributed by atoms with E-state index >= 15 is 0 Å². The second-order valence-corrected chi connectivity index (χ2v) is 11.0. The highest BCUT2D eigenvalue weighted by Crippen LogP contribution is 2.35. The average Bonchev–Trinajstić information content (AvgIpc) is 3.01. The SMILES string of the molecule is O=C(CN1C(=O)SC(=Cc2cc(Br)ccc2OCc2ccc(Cl)cc2Cl)C1=O)N1CCCCCC1. The van der Waals surface area contributed by atoms with Gasteiger partial charge in [0.25, 0.3) is 11.1 Å². The lowest BCUT2D eigenvalue weighted by Gasteiger charge is -2.22. The van der Waals surface area contributed by atoms with E-state index in [1.165, 1.54) is 0 Å². The van der Waals surface area contributed by atoms with E-state index < -0.39 is 11.1 Å². The second-order valence-electron chi connectivity index (χ2n) is 8.27. The second kappa shape index (κ2) is 11.8. The van der Waals surface area contributed by atoms with Crippen molar-refractivity contribution in [3.63, 3.8) is 0 Å². The first kappa shape index (κ1) is 26.1. The van der Waals surface area contributed by atoms with Gasteiger partial charge in [-0.3, -0.25) is 19.3 Å². The normalized spacial score (nSPS) is 17.7. The highest BCUT2D eigenvalue weighted by atomic mass is 79.9. The number of carbonyl (C=O) groups is 3. The molecule has 0 unspecified atom stereocenters. The Bertz CT molecular complexity index is 1180. The van der Waals surface area contributed by atoms with Gasteiger partial charge in [0.1, 0.15) is 18.9 Å². The smallest absolute Gasteiger partial charge is 0.294 e. The van der Waals surface area contributed by atoms with Crippen molar-refractivity contribution >= 4 is 74.0 Å². The molecule has 2 aliphatic heterocycles. The van der Waals surface area contributed by atoms with Gasteiger partial charge in [-0.15, -0.1) is 0 Å². The van der Waals surface area contributed by atoms with Gasteiger partial charge in [0, 0.05) is 38.7 Å². The lowest BCUT2D eigenvalue weighted by atomic mass is 10.1. The number of amides is 3. The van der Waals surface area contributed by atoms with Crippen LogP contribution >= 0.6 is 50.9 Å². The Labute approximate surface area is 226 Å². The van der Waals surface area contributed by atoms with Crippen molar-refractivity contribution in [2.75, 3.05) is 19.6 Å². The van der Waals surface area contributed by atoms with Crippen LogP contribution in [0.25, 0.3) is 6.08 Å². The summed E-state index contributed by atoms with van der Waals surface area (Å²) in [4.78, 5) is 41.4. The lowest BCUT2D eigenvalue weighted by molar-refractivity contribution is -0.135. The Morgan fingerprint density at radius 2 is 1.80 bits per heavy atom. The Morgan fingerprint density at radius 3 is 2.51 bits per heavy atom. The van der Waals surface area contributed by atoms with Crippen LogP contribution in [0.3, 0.4) is 0 Å². The summed E-state index contributed by atoms with van der Waals surface area (Å²) in [7, 11) is 0. The third-order valence-corrected chi connectivity index (χ3v) is 7.77. The van der Waals surface area contributed by atoms with Crippen LogP contribution in [0, 0.1) is 0 Å². The van der Waals surface area contributed by atoms with Gasteiger partial charge in [0.15, 0.2) is 0 Å². The Morgan fingerprint density at radius 1 is 1.06 bits per heavy atom. The fourth-order valence-corrected chi connectivity index (χ4v) is 5.56. The first-order chi connectivity index (χ1) is 16.8. The van der Waals surface area contributed by atoms with Crippen molar-refractivity contribution in [3.05, 3.63) is 66.9 Å². The van der Waals surface area contributed by atoms with Gasteiger partial charge in [0.05, 0.1) is 4.91 Å². The number of halogens is 3. The molecule has 10 heteroatoms. The molecule has 2 aromatic carbocycles. The summed E-state index contributed by atoms with van der Waals surface area (Å²) >= 11 is 16.5. The van der Waals surface area contributed by atoms with E-state index in [1.807, 2.05) is 6.07 Å². The number of likely N-dealkylation sites (tertiary alicyclic amines) is 1. The van der Waals surface area contributed by atoms with Crippen molar-refractivity contribution in [1.82, 2.24) is 9.80 Å². The third-order valence-electron chi connectivity index (χ3n) is 5.78. The van der Waals surface area contributed by atoms with E-state index in [4.69, 9.17) is 27.9 Å². The lowest BCUT2D eigenvalue weighted by Crippen LogP contribution is -2.42. The molecule has 2 aliphatic rings. The van der Waals surface area contributed by atoms with Crippen LogP contribution in [-0.4, -0.2) is 46.5 Å². The van der Waals surface area contributed by atoms with Crippen molar-refractivity contribution in [2.24, 2.45) is 0 Å². The predicted molar refractivity (Wildman–Crippen MR) is 143 cm³/mol. The molecule has 2 fully saturated rings. The molecule has 0 N–H and O–H groups in total. The Balaban J connectivity index is 1.49. The summed E-state index contributed by atoms with van der Waals surface area (Å²) in [5.41, 5.74) is 1.38. The highest BCUT2D eigenvalue weighted by molar-refractivity contribution is 9.10. The molecule has 6 nitrogen and oxygen atoms in total. The van der Waals surface area contributed by atoms with E-state index in [2.05, 4.69) is 15.9 Å². The molecule has 0 bridgehead atoms. The summed E-state index contributed by atoms with van der Waals surface area (Å²) in [5, 5.41) is 0.578. The van der Waals surface area contributed by atoms with E-state index in [9.17, 15) is 14.4 Å². The number of hydrogen-bond donors (Lipinski definition) is 0. The Hall–Kier alpha value is -2.00. The van der Waals surface area contributed by atoms with Gasteiger partial charge in [-0.05, 0) is 61.0 Å². The first-order valence-electron chi connectivity index (χ1n) is 11.2. The summed E-state index contributed by atoms with van der Waals surface area (Å²) in [5.74, 6) is -0.150. The van der Waals surface area contributed by atoms with E-state index in [0.717, 1.165) is 52.4 Å². The molecule has 0 spiro atoms. The Kier molecular flexibility index (Phi) is 8.81. The molecule has 0 saturated carbocycles. The van der Waals surface area contributed by atoms with Gasteiger partial charge in [0.2, 0.25) is 5.91 Å². The monoisotopic (exact) mass is 596 g/mol. The first-order valence-corrected chi connectivity index (χ1v) is 13.6. The molecule has 184 valence electrons. The molecule has 2 aromatic rings. The van der Waals surface area contributed by atoms with Crippen molar-refractivity contribution in [2.45, 2.75) is 32.3 Å². The molecule has 4 rings (SSSR count). The maximum absolute atomic E-state index is 13.0. The summed E-state index contributed by atoms with van der Waals surface area (Å²) in [6.45, 7) is 1.30. The molecular formula is C25H23BrCl2N2O4S. The van der Waals surface area contributed by atoms with Crippen LogP contribution in [0.1, 0.15) is 36.8 Å². The largest absolute Gasteiger partial charge is 0.488 e. The van der Waals surface area contributed by atoms with Gasteiger partial charge in [-0.25, -0.2) is 0 Å². The molecule has 2 heterocycles. The third kappa shape index (κ3) is 6.61. The number of benzene rings is 2. The maximum Gasteiger partial charge on any atom is 0.294 e. The minimum atomic E-state index is -0.477. The summed E-state index contributed by atoms with van der Waals surface area (Å²) in [6.07, 6.45) is 5.69. The quantitative estimate of drug-likeness (QED) is 0.344. The number of thioether (sulfide) groups is 1. The fourth-order valence-electron chi connectivity index (χ4n) is 3.89. The van der Waals surface area contributed by atoms with Crippen LogP contribution in [0.4, 0.5) is 4.79 Å². The predicted octanol–water partition coefficient (Wildman–Crippen LogP) is 6.77. The zero-order valence-corrected chi connectivity index (χ0v) is 22.7. The zero-order valence-electron chi connectivity index (χ0n) is 18.8. The van der Waals surface area contributed by atoms with Crippen molar-refractivity contribution in [3.8, 4) is 5.75 Å². The summed E-state index contributed by atoms with van der Waals surface area (Å²) in [6, 6.07) is 10.6. The van der Waals surface area contributed by atoms with Gasteiger partial charge in [-0.2, -0.15) is 0 Å². The molecule has 0 aromatic heterocycles. The van der Waals surface area contributed by atoms with Gasteiger partial charge in [-0.1, -0.05) is 58.0 Å². The maximum atomic E-state index is 13.0. The standard InChI is InChI=1S/C25H23BrCl2N2O4S/c26-18-6-8-21(34-15-16-5-7-19(27)13-20(16)28)17(11-18)12-22-24(32)30(25(33)35-22)14-23(31)29-9-3-1-2-4-10-29/h5-8,11-13H,1-4,9-10,14-15H2. The number of imide groups is 1. The number of nitrogens with zero attached hydrogens (tertiary/aromatic N) is 2. The zero-order chi connectivity index (χ0) is 24.9. The molecule has 0 atom stereocenters. The van der Waals surface area contributed by atoms with Crippen LogP contribution in [0.5, 0.6) is 5.75 Å². The molecule has 3 amide bonds. The number of carbonyl (C=O) groups excluding carboxylic acids is 3. The molecule has 0 radical (unpaired) electrons. The van der Waals surface area contributed by atoms with Gasteiger partial charge < -0.3 is 9.64 Å². The number of ether oxygens (including phenoxy) is 1. The topological polar surface area (TPSA) is 66.9 Å². The van der Waals surface area contributed by atoms with E-state index in [-0.39, 0.29) is 24.0 Å². The number of hydrogen-bond acceptors (Lipinski definition) is 5. The van der Waals surface area contributed by atoms with E-state index in [0.29, 0.717) is 34.4 Å². The highest BCUT2D eigenvalue weighted by Gasteiger charge is 2.37. The molecule has 35 heavy (non-hydrogen) atoms. The average molecular weight is 598 g/mol. The van der Waals surface area contributed by atoms with Crippen molar-refractivity contribution in [1.29, 1.82) is 0 Å². The van der Waals surface area contributed by atoms with Crippen LogP contribution in [-0.2, 0) is 16.2 Å². The van der Waals surface area contributed by atoms with Crippen LogP contribution < -0.4 is 4.74 Å². The van der Waals surface area contributed by atoms with Crippen LogP contribution in [0.2, 0.25) is 10.0 Å². The minimum Gasteiger partial charge on any atom is -0.488 e. The fraction of sp³-hybridized carbons (Fsp3) is 0.320. The van der Waals surface area contributed by atoms with Crippen LogP contribution in [0.15, 0.2) is 45.8 Å². The van der Waals surface area contributed by atoms with E-state index in [1.54, 1.807) is 41.3 Å². The summed E-state index contributed by atoms with van der Waals surface area (Å²) < 4.78 is 6.77.